The molecule has 36 heavy (non-hydrogen) atoms. The Bertz CT molecular complexity index is 1240. The number of rotatable bonds is 7. The van der Waals surface area contributed by atoms with Gasteiger partial charge in [-0.1, -0.05) is 6.07 Å². The van der Waals surface area contributed by atoms with Crippen LogP contribution in [0.5, 0.6) is 0 Å². The highest BCUT2D eigenvalue weighted by Crippen LogP contribution is 2.44. The first-order chi connectivity index (χ1) is 17.0. The molecule has 4 rings (SSSR count). The zero-order valence-electron chi connectivity index (χ0n) is 19.2. The Morgan fingerprint density at radius 2 is 1.89 bits per heavy atom. The number of alkyl halides is 4. The average molecular weight is 525 g/mol. The van der Waals surface area contributed by atoms with E-state index in [2.05, 4.69) is 20.3 Å². The number of carboxylic acid groups (broad SMARTS) is 1. The molecule has 0 aliphatic heterocycles. The molecule has 3 N–H and O–H groups in total. The van der Waals surface area contributed by atoms with Crippen LogP contribution in [0.15, 0.2) is 36.7 Å². The maximum atomic E-state index is 14.2. The average Bonchev–Trinajstić information content (AvgIpc) is 3.34. The second kappa shape index (κ2) is 10.1. The number of hydrogen-bond acceptors (Lipinski definition) is 7. The number of aliphatic carboxylic acids is 1. The quantitative estimate of drug-likeness (QED) is 0.339. The predicted octanol–water partition coefficient (Wildman–Crippen LogP) is 5.72. The minimum atomic E-state index is -4.60. The summed E-state index contributed by atoms with van der Waals surface area (Å²) in [4.78, 5) is 23.5. The second-order valence-corrected chi connectivity index (χ2v) is 9.98. The van der Waals surface area contributed by atoms with Crippen LogP contribution in [-0.2, 0) is 16.6 Å². The summed E-state index contributed by atoms with van der Waals surface area (Å²) >= 11 is 1.12. The van der Waals surface area contributed by atoms with Crippen molar-refractivity contribution in [1.29, 1.82) is 0 Å². The number of carboxylic acids is 1. The van der Waals surface area contributed by atoms with E-state index in [1.54, 1.807) is 12.1 Å². The van der Waals surface area contributed by atoms with Gasteiger partial charge in [0, 0.05) is 18.1 Å². The van der Waals surface area contributed by atoms with Gasteiger partial charge in [0.05, 0.1) is 10.8 Å². The lowest BCUT2D eigenvalue weighted by molar-refractivity contribution is -0.144. The Labute approximate surface area is 208 Å². The van der Waals surface area contributed by atoms with Crippen molar-refractivity contribution in [3.63, 3.8) is 0 Å². The van der Waals surface area contributed by atoms with Crippen molar-refractivity contribution in [3.8, 4) is 10.4 Å². The summed E-state index contributed by atoms with van der Waals surface area (Å²) in [6, 6.07) is 6.02. The number of halogens is 4. The summed E-state index contributed by atoms with van der Waals surface area (Å²) in [6.07, 6.45) is -0.578. The number of nitrogens with zero attached hydrogens (tertiary/aromatic N) is 3. The zero-order chi connectivity index (χ0) is 26.1. The fourth-order valence-corrected chi connectivity index (χ4v) is 5.52. The topological polar surface area (TPSA) is 108 Å². The number of hydrogen-bond donors (Lipinski definition) is 3. The van der Waals surface area contributed by atoms with Crippen molar-refractivity contribution >= 4 is 28.9 Å². The fourth-order valence-electron chi connectivity index (χ4n) is 4.47. The van der Waals surface area contributed by atoms with Gasteiger partial charge in [0.1, 0.15) is 23.0 Å². The van der Waals surface area contributed by atoms with Gasteiger partial charge in [0.2, 0.25) is 5.95 Å². The summed E-state index contributed by atoms with van der Waals surface area (Å²) in [5, 5.41) is 23.4. The number of aliphatic hydroxyl groups is 1. The van der Waals surface area contributed by atoms with Crippen LogP contribution in [0.2, 0.25) is 0 Å². The SMILES string of the molecule is Cc1cc(Nc2nccc(C(F)(F)F)n2)cc(-c2cnc(C(O)(CF)C3CCC(C(=O)O)CC3)s2)c1. The molecule has 3 aromatic rings. The van der Waals surface area contributed by atoms with E-state index >= 15 is 0 Å². The normalized spacial score (nSPS) is 20.1. The molecular formula is C24H24F4N4O3S. The minimum absolute atomic E-state index is 0.205. The van der Waals surface area contributed by atoms with Crippen LogP contribution in [0, 0.1) is 18.8 Å². The third-order valence-corrected chi connectivity index (χ3v) is 7.61. The molecule has 7 nitrogen and oxygen atoms in total. The lowest BCUT2D eigenvalue weighted by Crippen LogP contribution is -2.40. The van der Waals surface area contributed by atoms with Crippen LogP contribution >= 0.6 is 11.3 Å². The molecule has 0 spiro atoms. The minimum Gasteiger partial charge on any atom is -0.481 e. The van der Waals surface area contributed by atoms with Gasteiger partial charge in [-0.3, -0.25) is 4.79 Å². The van der Waals surface area contributed by atoms with E-state index in [1.807, 2.05) is 13.0 Å². The summed E-state index contributed by atoms with van der Waals surface area (Å²) in [5.41, 5.74) is -0.966. The number of benzene rings is 1. The van der Waals surface area contributed by atoms with Crippen LogP contribution in [0.4, 0.5) is 29.2 Å². The molecule has 1 aromatic carbocycles. The van der Waals surface area contributed by atoms with Crippen molar-refractivity contribution in [1.82, 2.24) is 15.0 Å². The standard InChI is InChI=1S/C24H24F4N4O3S/c1-13-8-15(10-17(9-13)31-22-29-7-6-19(32-22)24(26,27)28)18-11-30-21(36-18)23(35,12-25)16-4-2-14(3-5-16)20(33)34/h6-11,14,16,35H,2-5,12H2,1H3,(H,33,34)(H,29,31,32). The maximum Gasteiger partial charge on any atom is 0.433 e. The molecule has 1 atom stereocenters. The van der Waals surface area contributed by atoms with E-state index in [9.17, 15) is 32.6 Å². The first kappa shape index (κ1) is 26.0. The second-order valence-electron chi connectivity index (χ2n) is 8.95. The van der Waals surface area contributed by atoms with Crippen molar-refractivity contribution < 1.29 is 32.6 Å². The number of nitrogens with one attached hydrogen (secondary N) is 1. The Hall–Kier alpha value is -3.12. The van der Waals surface area contributed by atoms with E-state index in [-0.39, 0.29) is 11.0 Å². The van der Waals surface area contributed by atoms with Gasteiger partial charge in [-0.05, 0) is 67.9 Å². The summed E-state index contributed by atoms with van der Waals surface area (Å²) < 4.78 is 53.1. The summed E-state index contributed by atoms with van der Waals surface area (Å²) in [7, 11) is 0. The number of thiazole rings is 1. The molecule has 0 radical (unpaired) electrons. The summed E-state index contributed by atoms with van der Waals surface area (Å²) in [6.45, 7) is 0.762. The molecule has 1 unspecified atom stereocenters. The van der Waals surface area contributed by atoms with Crippen LogP contribution in [0.1, 0.15) is 41.9 Å². The van der Waals surface area contributed by atoms with Gasteiger partial charge in [-0.2, -0.15) is 13.2 Å². The highest BCUT2D eigenvalue weighted by molar-refractivity contribution is 7.15. The van der Waals surface area contributed by atoms with Gasteiger partial charge in [-0.15, -0.1) is 11.3 Å². The van der Waals surface area contributed by atoms with E-state index < -0.39 is 42.0 Å². The smallest absolute Gasteiger partial charge is 0.433 e. The van der Waals surface area contributed by atoms with Crippen molar-refractivity contribution in [2.24, 2.45) is 11.8 Å². The molecule has 1 saturated carbocycles. The van der Waals surface area contributed by atoms with Gasteiger partial charge in [0.25, 0.3) is 0 Å². The zero-order valence-corrected chi connectivity index (χ0v) is 20.0. The van der Waals surface area contributed by atoms with E-state index in [4.69, 9.17) is 0 Å². The molecule has 2 aromatic heterocycles. The molecule has 2 heterocycles. The van der Waals surface area contributed by atoms with Crippen molar-refractivity contribution in [2.75, 3.05) is 12.0 Å². The highest BCUT2D eigenvalue weighted by Gasteiger charge is 2.44. The molecule has 1 aliphatic carbocycles. The van der Waals surface area contributed by atoms with Crippen LogP contribution in [0.25, 0.3) is 10.4 Å². The maximum absolute atomic E-state index is 14.2. The number of anilines is 2. The Morgan fingerprint density at radius 1 is 1.17 bits per heavy atom. The van der Waals surface area contributed by atoms with E-state index in [0.717, 1.165) is 29.2 Å². The Kier molecular flexibility index (Phi) is 7.28. The largest absolute Gasteiger partial charge is 0.481 e. The molecular weight excluding hydrogens is 500 g/mol. The molecule has 0 bridgehead atoms. The molecule has 12 heteroatoms. The molecule has 0 amide bonds. The number of aryl methyl sites for hydroxylation is 1. The monoisotopic (exact) mass is 524 g/mol. The molecule has 1 fully saturated rings. The van der Waals surface area contributed by atoms with Gasteiger partial charge >= 0.3 is 12.1 Å². The summed E-state index contributed by atoms with van der Waals surface area (Å²) in [5.74, 6) is -2.04. The Balaban J connectivity index is 1.57. The lowest BCUT2D eigenvalue weighted by atomic mass is 9.74. The van der Waals surface area contributed by atoms with Crippen molar-refractivity contribution in [2.45, 2.75) is 44.4 Å². The van der Waals surface area contributed by atoms with E-state index in [0.29, 0.717) is 41.8 Å². The van der Waals surface area contributed by atoms with Crippen molar-refractivity contribution in [3.05, 3.63) is 52.9 Å². The first-order valence-electron chi connectivity index (χ1n) is 11.3. The Morgan fingerprint density at radius 3 is 2.53 bits per heavy atom. The lowest BCUT2D eigenvalue weighted by Gasteiger charge is -2.36. The van der Waals surface area contributed by atoms with Crippen LogP contribution in [0.3, 0.4) is 0 Å². The van der Waals surface area contributed by atoms with Crippen LogP contribution in [-0.4, -0.2) is 37.8 Å². The van der Waals surface area contributed by atoms with Crippen LogP contribution < -0.4 is 5.32 Å². The van der Waals surface area contributed by atoms with Gasteiger partial charge < -0.3 is 15.5 Å². The van der Waals surface area contributed by atoms with Gasteiger partial charge in [-0.25, -0.2) is 19.3 Å². The van der Waals surface area contributed by atoms with Gasteiger partial charge in [0.15, 0.2) is 0 Å². The predicted molar refractivity (Wildman–Crippen MR) is 126 cm³/mol. The number of aromatic nitrogens is 3. The molecule has 0 saturated heterocycles. The first-order valence-corrected chi connectivity index (χ1v) is 12.1. The molecule has 192 valence electrons. The van der Waals surface area contributed by atoms with E-state index in [1.165, 1.54) is 6.20 Å². The highest BCUT2D eigenvalue weighted by atomic mass is 32.1. The molecule has 1 aliphatic rings. The third kappa shape index (κ3) is 5.49. The fraction of sp³-hybridized carbons (Fsp3) is 0.417. The number of carbonyl (C=O) groups is 1. The third-order valence-electron chi connectivity index (χ3n) is 6.40.